The monoisotopic (exact) mass is 301 g/mol. The molecule has 0 aliphatic heterocycles. The van der Waals surface area contributed by atoms with E-state index in [9.17, 15) is 4.79 Å². The van der Waals surface area contributed by atoms with E-state index in [0.29, 0.717) is 11.0 Å². The summed E-state index contributed by atoms with van der Waals surface area (Å²) in [6.45, 7) is 3.91. The van der Waals surface area contributed by atoms with Crippen molar-refractivity contribution in [3.63, 3.8) is 0 Å². The van der Waals surface area contributed by atoms with Gasteiger partial charge in [0.25, 0.3) is 0 Å². The Morgan fingerprint density at radius 3 is 2.78 bits per heavy atom. The largest absolute Gasteiger partial charge is 0.302 e. The third kappa shape index (κ3) is 3.28. The molecule has 0 saturated heterocycles. The number of aryl methyl sites for hydroxylation is 2. The Morgan fingerprint density at radius 1 is 1.44 bits per heavy atom. The molecule has 2 aromatic rings. The van der Waals surface area contributed by atoms with E-state index in [0.717, 1.165) is 21.3 Å². The number of aromatic nitrogens is 2. The molecule has 0 saturated carbocycles. The van der Waals surface area contributed by atoms with Gasteiger partial charge in [-0.2, -0.15) is 0 Å². The van der Waals surface area contributed by atoms with E-state index in [2.05, 4.69) is 15.3 Å². The van der Waals surface area contributed by atoms with E-state index in [1.54, 1.807) is 0 Å². The van der Waals surface area contributed by atoms with Crippen molar-refractivity contribution in [2.45, 2.75) is 26.1 Å². The number of hydrogen-bond donors (Lipinski definition) is 1. The summed E-state index contributed by atoms with van der Waals surface area (Å²) in [7, 11) is 0. The van der Waals surface area contributed by atoms with Gasteiger partial charge in [0.15, 0.2) is 5.13 Å². The molecule has 0 spiro atoms. The van der Waals surface area contributed by atoms with Gasteiger partial charge in [0.05, 0.1) is 23.7 Å². The zero-order valence-corrected chi connectivity index (χ0v) is 12.4. The number of thiazole rings is 2. The quantitative estimate of drug-likeness (QED) is 0.883. The van der Waals surface area contributed by atoms with E-state index >= 15 is 0 Å². The van der Waals surface area contributed by atoms with Gasteiger partial charge in [-0.1, -0.05) is 0 Å². The van der Waals surface area contributed by atoms with Crippen molar-refractivity contribution >= 4 is 45.3 Å². The smallest absolute Gasteiger partial charge is 0.233 e. The third-order valence-electron chi connectivity index (χ3n) is 2.32. The Bertz CT molecular complexity index is 545. The molecule has 18 heavy (non-hydrogen) atoms. The number of nitrogens with one attached hydrogen (secondary N) is 1. The molecule has 96 valence electrons. The van der Waals surface area contributed by atoms with Crippen molar-refractivity contribution in [3.8, 4) is 0 Å². The molecule has 7 heteroatoms. The number of carbonyl (C=O) groups excluding carboxylic acids is 1. The highest BCUT2D eigenvalue weighted by atomic mass is 35.5. The summed E-state index contributed by atoms with van der Waals surface area (Å²) in [4.78, 5) is 21.4. The minimum atomic E-state index is -0.0979. The van der Waals surface area contributed by atoms with Gasteiger partial charge in [-0.3, -0.25) is 4.79 Å². The molecule has 0 radical (unpaired) electrons. The van der Waals surface area contributed by atoms with Crippen molar-refractivity contribution < 1.29 is 4.79 Å². The first-order chi connectivity index (χ1) is 8.58. The first-order valence-electron chi connectivity index (χ1n) is 5.31. The first kappa shape index (κ1) is 13.5. The Morgan fingerprint density at radius 2 is 2.22 bits per heavy atom. The standard InChI is InChI=1S/C11H12ClN3OS2/c1-6-7(2)18-11(13-6)15-9(16)3-10-14-8(4-12)5-17-10/h5H,3-4H2,1-2H3,(H,13,15,16). The van der Waals surface area contributed by atoms with Crippen LogP contribution in [-0.2, 0) is 17.1 Å². The topological polar surface area (TPSA) is 54.9 Å². The number of carbonyl (C=O) groups is 1. The van der Waals surface area contributed by atoms with Crippen LogP contribution in [0.3, 0.4) is 0 Å². The molecule has 1 N–H and O–H groups in total. The number of anilines is 1. The van der Waals surface area contributed by atoms with Crippen LogP contribution in [0.25, 0.3) is 0 Å². The molecular weight excluding hydrogens is 290 g/mol. The minimum absolute atomic E-state index is 0.0979. The molecule has 4 nitrogen and oxygen atoms in total. The lowest BCUT2D eigenvalue weighted by atomic mass is 10.4. The average molecular weight is 302 g/mol. The van der Waals surface area contributed by atoms with Gasteiger partial charge in [-0.25, -0.2) is 9.97 Å². The summed E-state index contributed by atoms with van der Waals surface area (Å²) in [5.74, 6) is 0.280. The van der Waals surface area contributed by atoms with Crippen LogP contribution in [0.1, 0.15) is 21.3 Å². The lowest BCUT2D eigenvalue weighted by Gasteiger charge is -1.98. The predicted octanol–water partition coefficient (Wildman–Crippen LogP) is 3.14. The number of alkyl halides is 1. The van der Waals surface area contributed by atoms with Crippen LogP contribution in [0.5, 0.6) is 0 Å². The van der Waals surface area contributed by atoms with Gasteiger partial charge in [-0.05, 0) is 13.8 Å². The highest BCUT2D eigenvalue weighted by Gasteiger charge is 2.10. The minimum Gasteiger partial charge on any atom is -0.302 e. The Kier molecular flexibility index (Phi) is 4.31. The van der Waals surface area contributed by atoms with Crippen molar-refractivity contribution in [1.29, 1.82) is 0 Å². The lowest BCUT2D eigenvalue weighted by Crippen LogP contribution is -2.14. The first-order valence-corrected chi connectivity index (χ1v) is 7.54. The molecule has 0 fully saturated rings. The summed E-state index contributed by atoms with van der Waals surface area (Å²) in [5.41, 5.74) is 1.76. The molecule has 2 aromatic heterocycles. The van der Waals surface area contributed by atoms with Crippen LogP contribution in [0.2, 0.25) is 0 Å². The summed E-state index contributed by atoms with van der Waals surface area (Å²) >= 11 is 8.59. The molecule has 0 aromatic carbocycles. The normalized spacial score (nSPS) is 10.6. The van der Waals surface area contributed by atoms with E-state index in [4.69, 9.17) is 11.6 Å². The van der Waals surface area contributed by atoms with Gasteiger partial charge < -0.3 is 5.32 Å². The number of nitrogens with zero attached hydrogens (tertiary/aromatic N) is 2. The van der Waals surface area contributed by atoms with Gasteiger partial charge in [-0.15, -0.1) is 34.3 Å². The lowest BCUT2D eigenvalue weighted by molar-refractivity contribution is -0.115. The van der Waals surface area contributed by atoms with E-state index in [1.165, 1.54) is 22.7 Å². The van der Waals surface area contributed by atoms with Crippen LogP contribution < -0.4 is 5.32 Å². The fourth-order valence-corrected chi connectivity index (χ4v) is 3.17. The zero-order chi connectivity index (χ0) is 13.1. The number of amides is 1. The Balaban J connectivity index is 1.96. The zero-order valence-electron chi connectivity index (χ0n) is 9.99. The van der Waals surface area contributed by atoms with Gasteiger partial charge in [0, 0.05) is 10.3 Å². The van der Waals surface area contributed by atoms with E-state index in [-0.39, 0.29) is 12.3 Å². The van der Waals surface area contributed by atoms with E-state index < -0.39 is 0 Å². The SMILES string of the molecule is Cc1nc(NC(=O)Cc2nc(CCl)cs2)sc1C. The van der Waals surface area contributed by atoms with Crippen LogP contribution in [0, 0.1) is 13.8 Å². The molecule has 0 atom stereocenters. The summed E-state index contributed by atoms with van der Waals surface area (Å²) in [6.07, 6.45) is 0.263. The molecule has 0 bridgehead atoms. The Hall–Kier alpha value is -0.980. The average Bonchev–Trinajstić information content (AvgIpc) is 2.87. The van der Waals surface area contributed by atoms with Crippen molar-refractivity contribution in [2.75, 3.05) is 5.32 Å². The second-order valence-corrected chi connectivity index (χ2v) is 6.16. The predicted molar refractivity (Wildman–Crippen MR) is 75.6 cm³/mol. The fraction of sp³-hybridized carbons (Fsp3) is 0.364. The number of rotatable bonds is 4. The summed E-state index contributed by atoms with van der Waals surface area (Å²) in [5, 5.41) is 6.06. The molecule has 0 unspecified atom stereocenters. The number of hydrogen-bond acceptors (Lipinski definition) is 5. The van der Waals surface area contributed by atoms with Crippen LogP contribution in [-0.4, -0.2) is 15.9 Å². The molecule has 0 aliphatic rings. The molecule has 2 rings (SSSR count). The maximum Gasteiger partial charge on any atom is 0.233 e. The van der Waals surface area contributed by atoms with Gasteiger partial charge in [0.1, 0.15) is 5.01 Å². The number of halogens is 1. The Labute approximate surface area is 118 Å². The van der Waals surface area contributed by atoms with Crippen molar-refractivity contribution in [1.82, 2.24) is 9.97 Å². The molecule has 2 heterocycles. The maximum atomic E-state index is 11.8. The van der Waals surface area contributed by atoms with Crippen molar-refractivity contribution in [3.05, 3.63) is 26.7 Å². The van der Waals surface area contributed by atoms with Crippen LogP contribution in [0.4, 0.5) is 5.13 Å². The second-order valence-electron chi connectivity index (χ2n) is 3.75. The molecule has 1 amide bonds. The highest BCUT2D eigenvalue weighted by Crippen LogP contribution is 2.21. The maximum absolute atomic E-state index is 11.8. The van der Waals surface area contributed by atoms with Crippen LogP contribution in [0.15, 0.2) is 5.38 Å². The second kappa shape index (κ2) is 5.77. The van der Waals surface area contributed by atoms with Crippen LogP contribution >= 0.6 is 34.3 Å². The fourth-order valence-electron chi connectivity index (χ4n) is 1.32. The van der Waals surface area contributed by atoms with Gasteiger partial charge in [0.2, 0.25) is 5.91 Å². The third-order valence-corrected chi connectivity index (χ3v) is 4.48. The molecule has 0 aliphatic carbocycles. The summed E-state index contributed by atoms with van der Waals surface area (Å²) < 4.78 is 0. The summed E-state index contributed by atoms with van der Waals surface area (Å²) in [6, 6.07) is 0. The van der Waals surface area contributed by atoms with Gasteiger partial charge >= 0.3 is 0 Å². The molecular formula is C11H12ClN3OS2. The van der Waals surface area contributed by atoms with Crippen molar-refractivity contribution in [2.24, 2.45) is 0 Å². The van der Waals surface area contributed by atoms with E-state index in [1.807, 2.05) is 19.2 Å². The highest BCUT2D eigenvalue weighted by molar-refractivity contribution is 7.15.